The third-order valence-corrected chi connectivity index (χ3v) is 5.08. The average molecular weight is 315 g/mol. The van der Waals surface area contributed by atoms with Crippen molar-refractivity contribution in [1.82, 2.24) is 10.2 Å². The van der Waals surface area contributed by atoms with Crippen molar-refractivity contribution in [3.63, 3.8) is 0 Å². The van der Waals surface area contributed by atoms with Crippen molar-refractivity contribution in [2.24, 2.45) is 0 Å². The van der Waals surface area contributed by atoms with Crippen LogP contribution in [0.25, 0.3) is 11.1 Å². The van der Waals surface area contributed by atoms with Crippen LogP contribution in [0.2, 0.25) is 0 Å². The fraction of sp³-hybridized carbons (Fsp3) is 0.250. The number of nitrogens with zero attached hydrogens (tertiary/aromatic N) is 1. The number of rotatable bonds is 3. The summed E-state index contributed by atoms with van der Waals surface area (Å²) in [5.41, 5.74) is 1.21. The summed E-state index contributed by atoms with van der Waals surface area (Å²) < 4.78 is 5.25. The first-order valence-corrected chi connectivity index (χ1v) is 7.72. The van der Waals surface area contributed by atoms with Gasteiger partial charge in [-0.3, -0.25) is 15.1 Å². The number of nitrogens with one attached hydrogen (secondary N) is 2. The van der Waals surface area contributed by atoms with Gasteiger partial charge in [-0.1, -0.05) is 12.1 Å². The first kappa shape index (κ1) is 14.6. The monoisotopic (exact) mass is 315 g/mol. The van der Waals surface area contributed by atoms with Crippen molar-refractivity contribution in [2.45, 2.75) is 12.5 Å². The zero-order valence-electron chi connectivity index (χ0n) is 12.6. The van der Waals surface area contributed by atoms with Gasteiger partial charge in [0.15, 0.2) is 11.5 Å². The van der Waals surface area contributed by atoms with Crippen LogP contribution in [0.15, 0.2) is 35.7 Å². The number of likely N-dealkylation sites (N-methyl/N-ethyl adjacent to an activating group) is 1. The second-order valence-electron chi connectivity index (χ2n) is 5.39. The fourth-order valence-corrected chi connectivity index (χ4v) is 3.56. The quantitative estimate of drug-likeness (QED) is 0.915. The number of carbonyl (C=O) groups excluding carboxylic acids is 1. The normalized spacial score (nSPS) is 21.1. The van der Waals surface area contributed by atoms with Gasteiger partial charge in [0.1, 0.15) is 5.75 Å². The van der Waals surface area contributed by atoms with Crippen LogP contribution in [-0.4, -0.2) is 30.9 Å². The number of carbonyl (C=O) groups is 1. The highest BCUT2D eigenvalue weighted by Gasteiger charge is 2.46. The molecule has 5 nitrogen and oxygen atoms in total. The molecule has 0 saturated carbocycles. The molecule has 6 heteroatoms. The number of hydrogen-bond acceptors (Lipinski definition) is 4. The van der Waals surface area contributed by atoms with E-state index >= 15 is 0 Å². The standard InChI is InChI=1S/C16H17N3O2S/c1-16(14(20)19(2)15(17)18-16)13-8-11(9-22-13)10-5-4-6-12(7-10)21-3/h4-9H,1-3H3,(H2,17,18). The van der Waals surface area contributed by atoms with Crippen LogP contribution < -0.4 is 10.1 Å². The molecule has 1 saturated heterocycles. The van der Waals surface area contributed by atoms with E-state index in [1.807, 2.05) is 42.6 Å². The molecule has 1 aromatic carbocycles. The highest BCUT2D eigenvalue weighted by molar-refractivity contribution is 7.10. The highest BCUT2D eigenvalue weighted by Crippen LogP contribution is 2.36. The summed E-state index contributed by atoms with van der Waals surface area (Å²) in [4.78, 5) is 14.6. The Labute approximate surface area is 133 Å². The van der Waals surface area contributed by atoms with Crippen molar-refractivity contribution in [3.8, 4) is 16.9 Å². The smallest absolute Gasteiger partial charge is 0.259 e. The lowest BCUT2D eigenvalue weighted by atomic mass is 9.98. The lowest BCUT2D eigenvalue weighted by Gasteiger charge is -2.19. The Morgan fingerprint density at radius 3 is 2.73 bits per heavy atom. The molecule has 2 aromatic rings. The Balaban J connectivity index is 1.97. The fourth-order valence-electron chi connectivity index (χ4n) is 2.53. The van der Waals surface area contributed by atoms with Gasteiger partial charge >= 0.3 is 0 Å². The Morgan fingerprint density at radius 2 is 2.09 bits per heavy atom. The van der Waals surface area contributed by atoms with Gasteiger partial charge in [-0.2, -0.15) is 0 Å². The SMILES string of the molecule is COc1cccc(-c2csc(C3(C)NC(=N)N(C)C3=O)c2)c1. The molecule has 1 aliphatic rings. The lowest BCUT2D eigenvalue weighted by molar-refractivity contribution is -0.129. The summed E-state index contributed by atoms with van der Waals surface area (Å²) >= 11 is 1.51. The predicted octanol–water partition coefficient (Wildman–Crippen LogP) is 2.64. The van der Waals surface area contributed by atoms with Crippen molar-refractivity contribution < 1.29 is 9.53 Å². The molecule has 2 heterocycles. The summed E-state index contributed by atoms with van der Waals surface area (Å²) in [5.74, 6) is 0.813. The van der Waals surface area contributed by atoms with E-state index < -0.39 is 5.54 Å². The maximum atomic E-state index is 12.4. The number of thiophene rings is 1. The molecule has 3 rings (SSSR count). The Bertz CT molecular complexity index is 755. The Kier molecular flexibility index (Phi) is 3.41. The molecule has 0 radical (unpaired) electrons. The molecule has 1 unspecified atom stereocenters. The number of amides is 1. The number of hydrogen-bond donors (Lipinski definition) is 2. The molecule has 0 bridgehead atoms. The van der Waals surface area contributed by atoms with Gasteiger partial charge in [0.05, 0.1) is 7.11 Å². The zero-order chi connectivity index (χ0) is 15.9. The molecule has 2 N–H and O–H groups in total. The van der Waals surface area contributed by atoms with Crippen LogP contribution in [0.1, 0.15) is 11.8 Å². The average Bonchev–Trinajstić information content (AvgIpc) is 3.09. The molecule has 1 amide bonds. The molecule has 0 aliphatic carbocycles. The van der Waals surface area contributed by atoms with Gasteiger partial charge in [0.25, 0.3) is 5.91 Å². The van der Waals surface area contributed by atoms with Gasteiger partial charge in [-0.25, -0.2) is 0 Å². The first-order valence-electron chi connectivity index (χ1n) is 6.84. The largest absolute Gasteiger partial charge is 0.497 e. The van der Waals surface area contributed by atoms with E-state index in [-0.39, 0.29) is 11.9 Å². The minimum atomic E-state index is -0.867. The Hall–Kier alpha value is -2.34. The van der Waals surface area contributed by atoms with Gasteiger partial charge in [0, 0.05) is 11.9 Å². The van der Waals surface area contributed by atoms with Gasteiger partial charge in [-0.05, 0) is 41.6 Å². The van der Waals surface area contributed by atoms with Gasteiger partial charge < -0.3 is 10.1 Å². The van der Waals surface area contributed by atoms with E-state index in [0.717, 1.165) is 21.8 Å². The zero-order valence-corrected chi connectivity index (χ0v) is 13.5. The van der Waals surface area contributed by atoms with Crippen molar-refractivity contribution in [2.75, 3.05) is 14.2 Å². The first-order chi connectivity index (χ1) is 10.5. The minimum absolute atomic E-state index is 0.114. The maximum absolute atomic E-state index is 12.4. The number of methoxy groups -OCH3 is 1. The van der Waals surface area contributed by atoms with Crippen LogP contribution in [-0.2, 0) is 10.3 Å². The summed E-state index contributed by atoms with van der Waals surface area (Å²) in [6, 6.07) is 9.81. The van der Waals surface area contributed by atoms with Crippen molar-refractivity contribution >= 4 is 23.2 Å². The van der Waals surface area contributed by atoms with Crippen LogP contribution in [0, 0.1) is 5.41 Å². The second kappa shape index (κ2) is 5.14. The lowest BCUT2D eigenvalue weighted by Crippen LogP contribution is -2.39. The van der Waals surface area contributed by atoms with Crippen molar-refractivity contribution in [3.05, 3.63) is 40.6 Å². The summed E-state index contributed by atoms with van der Waals surface area (Å²) in [6.07, 6.45) is 0. The summed E-state index contributed by atoms with van der Waals surface area (Å²) in [5, 5.41) is 12.8. The minimum Gasteiger partial charge on any atom is -0.497 e. The van der Waals surface area contributed by atoms with E-state index in [9.17, 15) is 4.79 Å². The third kappa shape index (κ3) is 2.16. The number of guanidine groups is 1. The summed E-state index contributed by atoms with van der Waals surface area (Å²) in [7, 11) is 3.25. The van der Waals surface area contributed by atoms with Crippen LogP contribution in [0.3, 0.4) is 0 Å². The van der Waals surface area contributed by atoms with E-state index in [1.165, 1.54) is 16.2 Å². The van der Waals surface area contributed by atoms with Gasteiger partial charge in [-0.15, -0.1) is 11.3 Å². The topological polar surface area (TPSA) is 65.4 Å². The predicted molar refractivity (Wildman–Crippen MR) is 87.3 cm³/mol. The van der Waals surface area contributed by atoms with Crippen LogP contribution >= 0.6 is 11.3 Å². The van der Waals surface area contributed by atoms with Crippen LogP contribution in [0.5, 0.6) is 5.75 Å². The second-order valence-corrected chi connectivity index (χ2v) is 6.31. The molecule has 114 valence electrons. The molecule has 0 spiro atoms. The number of benzene rings is 1. The van der Waals surface area contributed by atoms with Crippen molar-refractivity contribution in [1.29, 1.82) is 5.41 Å². The molecule has 22 heavy (non-hydrogen) atoms. The van der Waals surface area contributed by atoms with Gasteiger partial charge in [0.2, 0.25) is 0 Å². The molecule has 1 aliphatic heterocycles. The number of ether oxygens (including phenoxy) is 1. The Morgan fingerprint density at radius 1 is 1.32 bits per heavy atom. The molecule has 1 atom stereocenters. The van der Waals surface area contributed by atoms with E-state index in [0.29, 0.717) is 0 Å². The molecule has 1 fully saturated rings. The highest BCUT2D eigenvalue weighted by atomic mass is 32.1. The van der Waals surface area contributed by atoms with E-state index in [1.54, 1.807) is 14.2 Å². The van der Waals surface area contributed by atoms with E-state index in [2.05, 4.69) is 5.32 Å². The van der Waals surface area contributed by atoms with E-state index in [4.69, 9.17) is 10.1 Å². The summed E-state index contributed by atoms with van der Waals surface area (Å²) in [6.45, 7) is 1.81. The third-order valence-electron chi connectivity index (χ3n) is 3.93. The van der Waals surface area contributed by atoms with Crippen LogP contribution in [0.4, 0.5) is 0 Å². The molecular formula is C16H17N3O2S. The molecule has 1 aromatic heterocycles. The molecular weight excluding hydrogens is 298 g/mol. The maximum Gasteiger partial charge on any atom is 0.259 e.